The van der Waals surface area contributed by atoms with E-state index in [1.54, 1.807) is 19.1 Å². The van der Waals surface area contributed by atoms with Crippen molar-refractivity contribution in [1.29, 1.82) is 0 Å². The molecule has 2 aliphatic rings. The molecule has 718 valence electrons. The molecule has 0 bridgehead atoms. The minimum Gasteiger partial charge on any atom is -0.394 e. The van der Waals surface area contributed by atoms with E-state index in [9.17, 15) is 91.7 Å². The molecular formula is C81H140N28O19. The van der Waals surface area contributed by atoms with Crippen molar-refractivity contribution in [1.82, 2.24) is 79.4 Å². The van der Waals surface area contributed by atoms with E-state index in [0.717, 1.165) is 65.2 Å². The fourth-order valence-corrected chi connectivity index (χ4v) is 14.3. The summed E-state index contributed by atoms with van der Waals surface area (Å²) in [7, 11) is 0. The molecule has 0 aromatic carbocycles. The standard InChI is InChI=1S/C81H140N28O19/c1-9-81(8,109-71(124)58(43-110)96-45(3)112)75(128)104-51(28-20-36-95-78(90)91)65(118)102-55(41-48-31-37-92-38-32-48)67(120)103-56(40-47-23-14-11-15-24-47)70(123)108-79(4,5)73(126)105-57(42-60(84)114)68(121)98-52(25-16-17-33-82)69(122)107-80(6,7)74(127)106-61(44(2)111)72(125)100-50(27-19-35-94-77(88)89)63(116)99-53(29-30-59(83)113)66(119)97-49(26-18-34-93-76(86)87)64(117)101-54(62(85)115)39-46-21-12-10-13-22-46/h31-32,37-38,44,46-47,49-58,61,110-111H,9-30,33-36,39-43,82H2,1-8H3,(H2,83,113)(H2,84,114)(H2,85,115)(H,96,112)(H,97,119)(H,98,121)(H,99,116)(H,100,125)(H,101,117)(H,102,118)(H,103,120)(H,104,128)(H,105,126)(H,106,127)(H,107,122)(H,108,123)(H,109,124)(H4,86,87,93)(H4,88,89,94)(H4,90,91,95)/t44-,49+,50+,51+,52+,53+,54+,55+,56+,57+,58+,61+,81-/m1/s1. The number of hydrogen-bond acceptors (Lipinski definition) is 24. The summed E-state index contributed by atoms with van der Waals surface area (Å²) in [4.78, 5) is 253. The molecule has 1 aromatic heterocycles. The molecule has 1 aromatic rings. The number of primary amides is 3. The monoisotopic (exact) mass is 1810 g/mol. The van der Waals surface area contributed by atoms with E-state index < -0.39 is 215 Å². The number of aromatic nitrogens is 1. The molecule has 13 atom stereocenters. The van der Waals surface area contributed by atoms with E-state index in [1.807, 2.05) is 0 Å². The van der Waals surface area contributed by atoms with Crippen LogP contribution in [0.3, 0.4) is 0 Å². The molecule has 128 heavy (non-hydrogen) atoms. The van der Waals surface area contributed by atoms with Crippen LogP contribution in [-0.4, -0.2) is 255 Å². The Labute approximate surface area is 744 Å². The Morgan fingerprint density at radius 3 is 1.23 bits per heavy atom. The van der Waals surface area contributed by atoms with Gasteiger partial charge in [-0.1, -0.05) is 71.1 Å². The van der Waals surface area contributed by atoms with Crippen molar-refractivity contribution in [2.75, 3.05) is 32.8 Å². The molecule has 47 nitrogen and oxygen atoms in total. The van der Waals surface area contributed by atoms with Gasteiger partial charge in [-0.05, 0) is 161 Å². The maximum atomic E-state index is 15.0. The molecule has 3 rings (SSSR count). The molecule has 0 saturated heterocycles. The first kappa shape index (κ1) is 110. The molecular weight excluding hydrogens is 1670 g/mol. The van der Waals surface area contributed by atoms with Gasteiger partial charge in [-0.25, -0.2) is 0 Å². The van der Waals surface area contributed by atoms with E-state index in [4.69, 9.17) is 57.3 Å². The number of nitrogens with one attached hydrogen (secondary N) is 14. The second-order valence-electron chi connectivity index (χ2n) is 33.8. The second kappa shape index (κ2) is 55.4. The first-order valence-electron chi connectivity index (χ1n) is 43.3. The van der Waals surface area contributed by atoms with Crippen LogP contribution in [0.2, 0.25) is 0 Å². The van der Waals surface area contributed by atoms with Gasteiger partial charge >= 0.3 is 0 Å². The molecule has 0 spiro atoms. The third-order valence-corrected chi connectivity index (χ3v) is 21.9. The summed E-state index contributed by atoms with van der Waals surface area (Å²) in [5, 5.41) is 56.7. The minimum absolute atomic E-state index is 0.00244. The number of aliphatic hydroxyl groups is 2. The molecule has 0 radical (unpaired) electrons. The number of guanidine groups is 3. The van der Waals surface area contributed by atoms with Crippen LogP contribution < -0.4 is 132 Å². The summed E-state index contributed by atoms with van der Waals surface area (Å²) in [6, 6.07) is -13.9. The molecule has 1 heterocycles. The number of aliphatic hydroxyl groups excluding tert-OH is 2. The summed E-state index contributed by atoms with van der Waals surface area (Å²) >= 11 is 0. The van der Waals surface area contributed by atoms with Gasteiger partial charge in [0.25, 0.3) is 0 Å². The van der Waals surface area contributed by atoms with Gasteiger partial charge in [0.15, 0.2) is 17.9 Å². The van der Waals surface area contributed by atoms with Crippen LogP contribution in [0.15, 0.2) is 39.5 Å². The Morgan fingerprint density at radius 1 is 0.430 bits per heavy atom. The number of unbranched alkanes of at least 4 members (excludes halogenated alkanes) is 1. The van der Waals surface area contributed by atoms with Crippen molar-refractivity contribution in [3.05, 3.63) is 30.1 Å². The zero-order chi connectivity index (χ0) is 96.2. The van der Waals surface area contributed by atoms with E-state index in [-0.39, 0.29) is 139 Å². The van der Waals surface area contributed by atoms with E-state index in [1.165, 1.54) is 47.0 Å². The predicted octanol–water partition coefficient (Wildman–Crippen LogP) is -7.72. The van der Waals surface area contributed by atoms with Crippen molar-refractivity contribution in [2.45, 2.75) is 312 Å². The largest absolute Gasteiger partial charge is 0.394 e. The van der Waals surface area contributed by atoms with Gasteiger partial charge < -0.3 is 142 Å². The van der Waals surface area contributed by atoms with Gasteiger partial charge in [-0.3, -0.25) is 101 Å². The summed E-state index contributed by atoms with van der Waals surface area (Å²) in [5.74, 6) is -17.5. The second-order valence-corrected chi connectivity index (χ2v) is 33.8. The third kappa shape index (κ3) is 40.6. The van der Waals surface area contributed by atoms with Crippen molar-refractivity contribution in [3.8, 4) is 0 Å². The van der Waals surface area contributed by atoms with Gasteiger partial charge in [0.1, 0.15) is 83.1 Å². The predicted molar refractivity (Wildman–Crippen MR) is 471 cm³/mol. The van der Waals surface area contributed by atoms with Crippen LogP contribution in [0, 0.1) is 11.8 Å². The van der Waals surface area contributed by atoms with Gasteiger partial charge in [-0.15, -0.1) is 0 Å². The highest BCUT2D eigenvalue weighted by molar-refractivity contribution is 6.03. The zero-order valence-electron chi connectivity index (χ0n) is 74.7. The Hall–Kier alpha value is -12.2. The van der Waals surface area contributed by atoms with Gasteiger partial charge in [0.05, 0.1) is 19.1 Å². The summed E-state index contributed by atoms with van der Waals surface area (Å²) < 4.78 is 0. The van der Waals surface area contributed by atoms with Crippen molar-refractivity contribution in [2.24, 2.45) is 84.1 Å². The van der Waals surface area contributed by atoms with Crippen molar-refractivity contribution < 1.29 is 91.7 Å². The van der Waals surface area contributed by atoms with E-state index in [0.29, 0.717) is 18.4 Å². The number of nitrogens with two attached hydrogens (primary N) is 10. The highest BCUT2D eigenvalue weighted by atomic mass is 16.3. The maximum absolute atomic E-state index is 15.0. The molecule has 2 fully saturated rings. The van der Waals surface area contributed by atoms with Gasteiger partial charge in [0, 0.05) is 51.8 Å². The first-order valence-corrected chi connectivity index (χ1v) is 43.3. The summed E-state index contributed by atoms with van der Waals surface area (Å²) in [5.41, 5.74) is 50.7. The number of carbonyl (C=O) groups excluding carboxylic acids is 17. The average Bonchev–Trinajstić information content (AvgIpc) is 0.830. The van der Waals surface area contributed by atoms with Crippen LogP contribution >= 0.6 is 0 Å². The minimum atomic E-state index is -2.06. The molecule has 47 heteroatoms. The van der Waals surface area contributed by atoms with Crippen LogP contribution in [0.5, 0.6) is 0 Å². The molecule has 2 aliphatic carbocycles. The smallest absolute Gasteiger partial charge is 0.246 e. The number of hydrogen-bond donors (Lipinski definition) is 26. The zero-order valence-corrected chi connectivity index (χ0v) is 74.7. The summed E-state index contributed by atoms with van der Waals surface area (Å²) in [6.07, 6.45) is 7.31. The highest BCUT2D eigenvalue weighted by Crippen LogP contribution is 2.29. The Bertz CT molecular complexity index is 4000. The molecule has 2 saturated carbocycles. The third-order valence-electron chi connectivity index (χ3n) is 21.9. The number of amides is 17. The van der Waals surface area contributed by atoms with Gasteiger partial charge in [-0.2, -0.15) is 0 Å². The Morgan fingerprint density at radius 2 is 0.805 bits per heavy atom. The average molecular weight is 1810 g/mol. The number of carbonyl (C=O) groups is 17. The Kier molecular flexibility index (Phi) is 47.6. The lowest BCUT2D eigenvalue weighted by Gasteiger charge is -2.33. The first-order chi connectivity index (χ1) is 60.1. The topological polar surface area (TPSA) is 809 Å². The van der Waals surface area contributed by atoms with Crippen LogP contribution in [-0.2, 0) is 87.9 Å². The summed E-state index contributed by atoms with van der Waals surface area (Å²) in [6.45, 7) is 9.22. The molecule has 0 unspecified atom stereocenters. The molecule has 17 amide bonds. The fourth-order valence-electron chi connectivity index (χ4n) is 14.3. The Balaban J connectivity index is 1.97. The highest BCUT2D eigenvalue weighted by Gasteiger charge is 2.44. The normalized spacial score (nSPS) is 16.2. The van der Waals surface area contributed by atoms with E-state index >= 15 is 0 Å². The SMILES string of the molecule is CC[C@@](C)(NC(=O)[C@H](CO)NC(C)=O)C(=O)N[C@@H](CCCN=C(N)N)C(=O)N[C@@H](Cc1ccncc1)C(=O)N[C@@H](CC1CCCCC1)C(=O)NC(C)(C)C(=O)N[C@@H](CC(N)=O)C(=O)N[C@@H](CCCCN)C(=O)NC(C)(C)C(=O)N[C@H](C(=O)N[C@@H](CCCN=C(N)N)C(=O)N[C@@H](CCC(N)=O)C(=O)N[C@@H](CCCN=C(N)N)C(=O)N[C@@H](CC1CCCCC1)C(N)=O)[C@@H](C)O. The lowest BCUT2D eigenvalue weighted by molar-refractivity contribution is -0.139. The van der Waals surface area contributed by atoms with Crippen LogP contribution in [0.4, 0.5) is 0 Å². The van der Waals surface area contributed by atoms with Crippen molar-refractivity contribution in [3.63, 3.8) is 0 Å². The van der Waals surface area contributed by atoms with Crippen LogP contribution in [0.1, 0.15) is 221 Å². The number of aliphatic imine (C=N–C) groups is 3. The lowest BCUT2D eigenvalue weighted by Crippen LogP contribution is -2.65. The maximum Gasteiger partial charge on any atom is 0.246 e. The van der Waals surface area contributed by atoms with Crippen LogP contribution in [0.25, 0.3) is 0 Å². The van der Waals surface area contributed by atoms with Gasteiger partial charge in [0.2, 0.25) is 100 Å². The number of nitrogens with zero attached hydrogens (tertiary/aromatic N) is 4. The lowest BCUT2D eigenvalue weighted by atomic mass is 9.84. The molecule has 36 N–H and O–H groups in total. The van der Waals surface area contributed by atoms with E-state index in [2.05, 4.69) is 94.4 Å². The molecule has 0 aliphatic heterocycles. The quantitative estimate of drug-likeness (QED) is 0.0164. The number of rotatable bonds is 58. The number of pyridine rings is 1. The van der Waals surface area contributed by atoms with Crippen molar-refractivity contribution >= 4 is 118 Å². The fraction of sp³-hybridized carbons (Fsp3) is 0.691.